The van der Waals surface area contributed by atoms with E-state index >= 15 is 0 Å². The van der Waals surface area contributed by atoms with Crippen molar-refractivity contribution in [2.45, 2.75) is 12.3 Å². The van der Waals surface area contributed by atoms with E-state index in [4.69, 9.17) is 4.74 Å². The van der Waals surface area contributed by atoms with Crippen LogP contribution in [0.1, 0.15) is 11.5 Å². The molecule has 0 radical (unpaired) electrons. The highest BCUT2D eigenvalue weighted by atomic mass is 16.5. The maximum Gasteiger partial charge on any atom is 0.322 e. The van der Waals surface area contributed by atoms with Crippen LogP contribution in [0.2, 0.25) is 0 Å². The number of rotatable bonds is 3. The average molecular weight is 259 g/mol. The van der Waals surface area contributed by atoms with Crippen molar-refractivity contribution in [3.05, 3.63) is 35.9 Å². The molecule has 0 atom stereocenters. The van der Waals surface area contributed by atoms with Crippen LogP contribution >= 0.6 is 0 Å². The molecule has 98 valence electrons. The third-order valence-electron chi connectivity index (χ3n) is 3.26. The molecule has 2 N–H and O–H groups in total. The highest BCUT2D eigenvalue weighted by Gasteiger charge is 2.50. The molecule has 3 rings (SSSR count). The summed E-state index contributed by atoms with van der Waals surface area (Å²) in [5, 5.41) is 9.38. The highest BCUT2D eigenvalue weighted by molar-refractivity contribution is 5.81. The standard InChI is InChI=1S/C13H13N3O3/c1-8-5-10(9-3-2-4-14-9)16-11(15-8)13(12(17)18)6-19-7-13/h2-5,14H,6-7H2,1H3,(H,17,18). The van der Waals surface area contributed by atoms with E-state index in [0.717, 1.165) is 11.4 Å². The fourth-order valence-electron chi connectivity index (χ4n) is 2.06. The Morgan fingerprint density at radius 2 is 2.26 bits per heavy atom. The number of hydrogen-bond acceptors (Lipinski definition) is 4. The zero-order valence-electron chi connectivity index (χ0n) is 10.4. The number of aromatic amines is 1. The van der Waals surface area contributed by atoms with Gasteiger partial charge in [-0.3, -0.25) is 4.79 Å². The third-order valence-corrected chi connectivity index (χ3v) is 3.26. The lowest BCUT2D eigenvalue weighted by Crippen LogP contribution is -2.54. The topological polar surface area (TPSA) is 88.1 Å². The smallest absolute Gasteiger partial charge is 0.322 e. The van der Waals surface area contributed by atoms with Gasteiger partial charge >= 0.3 is 5.97 Å². The SMILES string of the molecule is Cc1cc(-c2ccc[nH]2)nc(C2(C(=O)O)COC2)n1. The van der Waals surface area contributed by atoms with Crippen LogP contribution in [-0.2, 0) is 14.9 Å². The number of carbonyl (C=O) groups is 1. The van der Waals surface area contributed by atoms with Crippen molar-refractivity contribution in [1.29, 1.82) is 0 Å². The number of aryl methyl sites for hydroxylation is 1. The molecule has 1 saturated heterocycles. The van der Waals surface area contributed by atoms with Gasteiger partial charge in [0.05, 0.1) is 24.6 Å². The van der Waals surface area contributed by atoms with Crippen molar-refractivity contribution in [2.75, 3.05) is 13.2 Å². The van der Waals surface area contributed by atoms with E-state index in [2.05, 4.69) is 15.0 Å². The molecule has 2 aromatic rings. The summed E-state index contributed by atoms with van der Waals surface area (Å²) in [4.78, 5) is 23.2. The first-order chi connectivity index (χ1) is 9.12. The lowest BCUT2D eigenvalue weighted by Gasteiger charge is -2.35. The van der Waals surface area contributed by atoms with Crippen LogP contribution in [0.15, 0.2) is 24.4 Å². The quantitative estimate of drug-likeness (QED) is 0.862. The molecule has 6 nitrogen and oxygen atoms in total. The van der Waals surface area contributed by atoms with Gasteiger partial charge in [-0.05, 0) is 25.1 Å². The second-order valence-electron chi connectivity index (χ2n) is 4.68. The maximum absolute atomic E-state index is 11.4. The summed E-state index contributed by atoms with van der Waals surface area (Å²) < 4.78 is 5.06. The summed E-state index contributed by atoms with van der Waals surface area (Å²) in [5.41, 5.74) is 1.17. The van der Waals surface area contributed by atoms with Crippen molar-refractivity contribution in [2.24, 2.45) is 0 Å². The van der Waals surface area contributed by atoms with Gasteiger partial charge in [-0.2, -0.15) is 0 Å². The molecule has 3 heterocycles. The molecule has 0 spiro atoms. The van der Waals surface area contributed by atoms with Gasteiger partial charge in [0.2, 0.25) is 0 Å². The number of ether oxygens (including phenoxy) is 1. The van der Waals surface area contributed by atoms with Gasteiger partial charge in [-0.25, -0.2) is 9.97 Å². The minimum Gasteiger partial charge on any atom is -0.480 e. The van der Waals surface area contributed by atoms with Gasteiger partial charge in [0.25, 0.3) is 0 Å². The lowest BCUT2D eigenvalue weighted by molar-refractivity contribution is -0.164. The summed E-state index contributed by atoms with van der Waals surface area (Å²) in [6.07, 6.45) is 1.80. The number of carboxylic acids is 1. The van der Waals surface area contributed by atoms with Crippen molar-refractivity contribution in [3.63, 3.8) is 0 Å². The van der Waals surface area contributed by atoms with E-state index in [0.29, 0.717) is 11.5 Å². The van der Waals surface area contributed by atoms with Crippen LogP contribution in [0, 0.1) is 6.92 Å². The molecule has 0 unspecified atom stereocenters. The Morgan fingerprint density at radius 3 is 2.79 bits per heavy atom. The summed E-state index contributed by atoms with van der Waals surface area (Å²) >= 11 is 0. The molecule has 19 heavy (non-hydrogen) atoms. The summed E-state index contributed by atoms with van der Waals surface area (Å²) in [6.45, 7) is 2.07. The molecule has 1 aliphatic rings. The van der Waals surface area contributed by atoms with Gasteiger partial charge in [0.1, 0.15) is 0 Å². The number of aliphatic carboxylic acids is 1. The Kier molecular flexibility index (Phi) is 2.60. The minimum atomic E-state index is -1.10. The number of H-pyrrole nitrogens is 1. The van der Waals surface area contributed by atoms with Crippen molar-refractivity contribution < 1.29 is 14.6 Å². The summed E-state index contributed by atoms with van der Waals surface area (Å²) in [6, 6.07) is 5.58. The molecule has 6 heteroatoms. The van der Waals surface area contributed by atoms with Crippen LogP contribution in [0.3, 0.4) is 0 Å². The maximum atomic E-state index is 11.4. The van der Waals surface area contributed by atoms with E-state index in [1.807, 2.05) is 25.1 Å². The van der Waals surface area contributed by atoms with Gasteiger partial charge in [-0.15, -0.1) is 0 Å². The van der Waals surface area contributed by atoms with Crippen molar-refractivity contribution in [3.8, 4) is 11.4 Å². The largest absolute Gasteiger partial charge is 0.480 e. The van der Waals surface area contributed by atoms with E-state index in [-0.39, 0.29) is 13.2 Å². The molecular weight excluding hydrogens is 246 g/mol. The predicted molar refractivity (Wildman–Crippen MR) is 66.7 cm³/mol. The molecular formula is C13H13N3O3. The average Bonchev–Trinajstić information content (AvgIpc) is 2.79. The fraction of sp³-hybridized carbons (Fsp3) is 0.308. The molecule has 2 aromatic heterocycles. The summed E-state index contributed by atoms with van der Waals surface area (Å²) in [5.74, 6) is -0.627. The molecule has 0 aromatic carbocycles. The molecule has 0 saturated carbocycles. The van der Waals surface area contributed by atoms with Crippen LogP contribution < -0.4 is 0 Å². The van der Waals surface area contributed by atoms with E-state index < -0.39 is 11.4 Å². The second kappa shape index (κ2) is 4.17. The van der Waals surface area contributed by atoms with E-state index in [9.17, 15) is 9.90 Å². The Labute approximate surface area is 109 Å². The molecule has 0 bridgehead atoms. The Bertz CT molecular complexity index is 618. The van der Waals surface area contributed by atoms with E-state index in [1.165, 1.54) is 0 Å². The zero-order valence-corrected chi connectivity index (χ0v) is 10.4. The first-order valence-electron chi connectivity index (χ1n) is 5.93. The fourth-order valence-corrected chi connectivity index (χ4v) is 2.06. The number of hydrogen-bond donors (Lipinski definition) is 2. The van der Waals surface area contributed by atoms with Gasteiger partial charge < -0.3 is 14.8 Å². The third kappa shape index (κ3) is 1.80. The number of nitrogens with one attached hydrogen (secondary N) is 1. The Balaban J connectivity index is 2.10. The zero-order chi connectivity index (χ0) is 13.5. The molecule has 0 aliphatic carbocycles. The lowest BCUT2D eigenvalue weighted by atomic mass is 9.85. The van der Waals surface area contributed by atoms with Gasteiger partial charge in [-0.1, -0.05) is 0 Å². The first kappa shape index (κ1) is 11.9. The monoisotopic (exact) mass is 259 g/mol. The highest BCUT2D eigenvalue weighted by Crippen LogP contribution is 2.31. The van der Waals surface area contributed by atoms with Crippen molar-refractivity contribution in [1.82, 2.24) is 15.0 Å². The molecule has 0 amide bonds. The molecule has 1 fully saturated rings. The van der Waals surface area contributed by atoms with E-state index in [1.54, 1.807) is 6.20 Å². The van der Waals surface area contributed by atoms with Crippen LogP contribution in [0.4, 0.5) is 0 Å². The first-order valence-corrected chi connectivity index (χ1v) is 5.93. The normalized spacial score (nSPS) is 16.9. The molecule has 1 aliphatic heterocycles. The predicted octanol–water partition coefficient (Wildman–Crippen LogP) is 1.13. The van der Waals surface area contributed by atoms with Gasteiger partial charge in [0.15, 0.2) is 11.2 Å². The second-order valence-corrected chi connectivity index (χ2v) is 4.68. The Morgan fingerprint density at radius 1 is 1.47 bits per heavy atom. The summed E-state index contributed by atoms with van der Waals surface area (Å²) in [7, 11) is 0. The van der Waals surface area contributed by atoms with Crippen LogP contribution in [0.5, 0.6) is 0 Å². The Hall–Kier alpha value is -2.21. The number of carboxylic acid groups (broad SMARTS) is 1. The number of aromatic nitrogens is 3. The van der Waals surface area contributed by atoms with Crippen LogP contribution in [0.25, 0.3) is 11.4 Å². The van der Waals surface area contributed by atoms with Crippen molar-refractivity contribution >= 4 is 5.97 Å². The minimum absolute atomic E-state index is 0.121. The van der Waals surface area contributed by atoms with Gasteiger partial charge in [0, 0.05) is 11.9 Å². The number of nitrogens with zero attached hydrogens (tertiary/aromatic N) is 2. The van der Waals surface area contributed by atoms with Crippen LogP contribution in [-0.4, -0.2) is 39.2 Å².